The second kappa shape index (κ2) is 11.5. The van der Waals surface area contributed by atoms with E-state index in [4.69, 9.17) is 18.3 Å². The summed E-state index contributed by atoms with van der Waals surface area (Å²) in [5.74, 6) is 1.12. The molecule has 190 valence electrons. The molecular weight excluding hydrogens is 483 g/mol. The number of allylic oxidation sites excluding steroid dienone is 1. The number of benzene rings is 2. The maximum atomic E-state index is 13.7. The van der Waals surface area contributed by atoms with Gasteiger partial charge in [-0.25, -0.2) is 0 Å². The molecule has 0 spiro atoms. The van der Waals surface area contributed by atoms with Crippen LogP contribution < -0.4 is 13.8 Å². The van der Waals surface area contributed by atoms with Gasteiger partial charge >= 0.3 is 7.82 Å². The molecule has 0 bridgehead atoms. The molecule has 0 unspecified atom stereocenters. The number of aromatic nitrogens is 2. The normalized spacial score (nSPS) is 17.4. The summed E-state index contributed by atoms with van der Waals surface area (Å²) in [6.07, 6.45) is 2.74. The molecule has 2 atom stereocenters. The molecule has 1 N–H and O–H groups in total. The van der Waals surface area contributed by atoms with E-state index in [9.17, 15) is 14.5 Å². The number of Topliss-reactive ketones (excluding diaryl/α,β-unsaturated/α-hetero) is 1. The van der Waals surface area contributed by atoms with E-state index in [2.05, 4.69) is 5.10 Å². The van der Waals surface area contributed by atoms with Crippen molar-refractivity contribution in [3.63, 3.8) is 0 Å². The number of nitrogens with zero attached hydrogens (tertiary/aromatic N) is 2. The maximum absolute atomic E-state index is 13.7. The smallest absolute Gasteiger partial charge is 0.469 e. The monoisotopic (exact) mass is 512 g/mol. The van der Waals surface area contributed by atoms with Gasteiger partial charge in [0.25, 0.3) is 0 Å². The average Bonchev–Trinajstić information content (AvgIpc) is 3.40. The Morgan fingerprint density at radius 1 is 1.06 bits per heavy atom. The standard InChI is InChI=1S/C26H29N2O7P/c1-19(30)18-32-26-16-22(28(2)27-26)13-20-14-25(15-21(20)17-29)35-36(31,33-23-9-5-3-6-10-23)34-24-11-7-4-8-12-24/h3-12,15-16,20-21,29H,13-14,17-18H2,1-2H3/t20-,21-/m0/s1. The lowest BCUT2D eigenvalue weighted by molar-refractivity contribution is -0.119. The molecule has 1 aliphatic rings. The van der Waals surface area contributed by atoms with Gasteiger partial charge in [-0.15, -0.1) is 5.10 Å². The van der Waals surface area contributed by atoms with Gasteiger partial charge in [0, 0.05) is 37.8 Å². The Labute approximate surface area is 209 Å². The summed E-state index contributed by atoms with van der Waals surface area (Å²) in [5.41, 5.74) is 0.871. The predicted molar refractivity (Wildman–Crippen MR) is 133 cm³/mol. The summed E-state index contributed by atoms with van der Waals surface area (Å²) in [6, 6.07) is 19.1. The number of aliphatic hydroxyl groups excluding tert-OH is 1. The maximum Gasteiger partial charge on any atom is 0.646 e. The highest BCUT2D eigenvalue weighted by atomic mass is 31.2. The first kappa shape index (κ1) is 25.5. The van der Waals surface area contributed by atoms with Crippen LogP contribution in [0.5, 0.6) is 17.4 Å². The number of ketones is 1. The molecule has 0 radical (unpaired) electrons. The molecule has 1 heterocycles. The zero-order chi connectivity index (χ0) is 25.5. The van der Waals surface area contributed by atoms with Gasteiger partial charge in [-0.1, -0.05) is 36.4 Å². The highest BCUT2D eigenvalue weighted by molar-refractivity contribution is 7.49. The lowest BCUT2D eigenvalue weighted by Gasteiger charge is -2.20. The topological polar surface area (TPSA) is 109 Å². The second-order valence-corrected chi connectivity index (χ2v) is 10.0. The molecule has 0 saturated heterocycles. The Morgan fingerprint density at radius 2 is 1.67 bits per heavy atom. The van der Waals surface area contributed by atoms with Crippen molar-refractivity contribution in [3.05, 3.63) is 84.3 Å². The summed E-state index contributed by atoms with van der Waals surface area (Å²) in [6.45, 7) is 1.30. The molecular formula is C26H29N2O7P. The summed E-state index contributed by atoms with van der Waals surface area (Å²) in [5, 5.41) is 14.3. The zero-order valence-corrected chi connectivity index (χ0v) is 21.0. The average molecular weight is 512 g/mol. The number of rotatable bonds is 12. The fourth-order valence-corrected chi connectivity index (χ4v) is 5.24. The van der Waals surface area contributed by atoms with Crippen molar-refractivity contribution in [2.24, 2.45) is 18.9 Å². The van der Waals surface area contributed by atoms with Crippen LogP contribution in [0.25, 0.3) is 0 Å². The van der Waals surface area contributed by atoms with Crippen LogP contribution >= 0.6 is 7.82 Å². The van der Waals surface area contributed by atoms with Crippen molar-refractivity contribution < 1.29 is 32.8 Å². The molecule has 4 rings (SSSR count). The number of carbonyl (C=O) groups is 1. The second-order valence-electron chi connectivity index (χ2n) is 8.58. The molecule has 9 nitrogen and oxygen atoms in total. The molecule has 0 saturated carbocycles. The molecule has 1 aromatic heterocycles. The van der Waals surface area contributed by atoms with Crippen molar-refractivity contribution in [2.45, 2.75) is 19.8 Å². The number of carbonyl (C=O) groups excluding carboxylic acids is 1. The number of ether oxygens (including phenoxy) is 1. The van der Waals surface area contributed by atoms with Crippen molar-refractivity contribution in [1.82, 2.24) is 9.78 Å². The SMILES string of the molecule is CC(=O)COc1cc(C[C@H]2CC(OP(=O)(Oc3ccccc3)Oc3ccccc3)=C[C@H]2CO)n(C)n1. The Balaban J connectivity index is 1.48. The lowest BCUT2D eigenvalue weighted by atomic mass is 9.91. The van der Waals surface area contributed by atoms with Crippen LogP contribution in [0.2, 0.25) is 0 Å². The number of aryl methyl sites for hydroxylation is 1. The van der Waals surface area contributed by atoms with Crippen LogP contribution in [-0.2, 0) is 27.4 Å². The first-order chi connectivity index (χ1) is 17.3. The van der Waals surface area contributed by atoms with E-state index in [0.717, 1.165) is 5.69 Å². The number of phosphoric acid groups is 1. The first-order valence-electron chi connectivity index (χ1n) is 11.6. The van der Waals surface area contributed by atoms with E-state index in [1.165, 1.54) is 6.92 Å². The zero-order valence-electron chi connectivity index (χ0n) is 20.1. The molecule has 3 aromatic rings. The van der Waals surface area contributed by atoms with E-state index in [1.807, 2.05) is 12.1 Å². The van der Waals surface area contributed by atoms with Crippen LogP contribution in [-0.4, -0.2) is 33.9 Å². The minimum Gasteiger partial charge on any atom is -0.469 e. The minimum atomic E-state index is -4.10. The molecule has 0 fully saturated rings. The van der Waals surface area contributed by atoms with Crippen molar-refractivity contribution in [1.29, 1.82) is 0 Å². The minimum absolute atomic E-state index is 0.0389. The summed E-state index contributed by atoms with van der Waals surface area (Å²) >= 11 is 0. The van der Waals surface area contributed by atoms with Crippen LogP contribution in [0.3, 0.4) is 0 Å². The third kappa shape index (κ3) is 6.77. The van der Waals surface area contributed by atoms with E-state index in [1.54, 1.807) is 72.4 Å². The largest absolute Gasteiger partial charge is 0.646 e. The number of aliphatic hydroxyl groups is 1. The fourth-order valence-electron chi connectivity index (χ4n) is 3.95. The quantitative estimate of drug-likeness (QED) is 0.347. The Bertz CT molecular complexity index is 1200. The number of para-hydroxylation sites is 2. The molecule has 0 amide bonds. The van der Waals surface area contributed by atoms with E-state index < -0.39 is 7.82 Å². The van der Waals surface area contributed by atoms with Gasteiger partial charge in [0.2, 0.25) is 5.88 Å². The van der Waals surface area contributed by atoms with Crippen LogP contribution in [0.15, 0.2) is 78.6 Å². The summed E-state index contributed by atoms with van der Waals surface area (Å²) in [7, 11) is -2.31. The first-order valence-corrected chi connectivity index (χ1v) is 13.1. The molecule has 1 aliphatic carbocycles. The van der Waals surface area contributed by atoms with Gasteiger partial charge in [0.05, 0.1) is 0 Å². The van der Waals surface area contributed by atoms with Crippen LogP contribution in [0.4, 0.5) is 0 Å². The van der Waals surface area contributed by atoms with E-state index in [0.29, 0.717) is 36.0 Å². The summed E-state index contributed by atoms with van der Waals surface area (Å²) < 4.78 is 38.1. The summed E-state index contributed by atoms with van der Waals surface area (Å²) in [4.78, 5) is 11.2. The van der Waals surface area contributed by atoms with Crippen molar-refractivity contribution in [3.8, 4) is 17.4 Å². The van der Waals surface area contributed by atoms with Gasteiger partial charge in [0.15, 0.2) is 5.78 Å². The van der Waals surface area contributed by atoms with Crippen molar-refractivity contribution in [2.75, 3.05) is 13.2 Å². The molecule has 36 heavy (non-hydrogen) atoms. The molecule has 10 heteroatoms. The fraction of sp³-hybridized carbons (Fsp3) is 0.308. The molecule has 2 aromatic carbocycles. The van der Waals surface area contributed by atoms with Crippen LogP contribution in [0, 0.1) is 11.8 Å². The van der Waals surface area contributed by atoms with Crippen LogP contribution in [0.1, 0.15) is 19.0 Å². The number of hydrogen-bond acceptors (Lipinski definition) is 8. The third-order valence-electron chi connectivity index (χ3n) is 5.68. The predicted octanol–water partition coefficient (Wildman–Crippen LogP) is 4.73. The number of hydrogen-bond donors (Lipinski definition) is 1. The highest BCUT2D eigenvalue weighted by Crippen LogP contribution is 2.53. The van der Waals surface area contributed by atoms with Gasteiger partial charge in [-0.2, -0.15) is 4.57 Å². The third-order valence-corrected chi connectivity index (χ3v) is 7.01. The van der Waals surface area contributed by atoms with Crippen molar-refractivity contribution >= 4 is 13.6 Å². The van der Waals surface area contributed by atoms with E-state index >= 15 is 0 Å². The van der Waals surface area contributed by atoms with Gasteiger partial charge in [-0.3, -0.25) is 9.48 Å². The Kier molecular flexibility index (Phi) is 8.13. The molecule has 0 aliphatic heterocycles. The van der Waals surface area contributed by atoms with E-state index in [-0.39, 0.29) is 30.8 Å². The highest BCUT2D eigenvalue weighted by Gasteiger charge is 2.38. The Morgan fingerprint density at radius 3 is 2.22 bits per heavy atom. The van der Waals surface area contributed by atoms with Gasteiger partial charge in [-0.05, 0) is 49.6 Å². The number of phosphoric ester groups is 1. The lowest BCUT2D eigenvalue weighted by Crippen LogP contribution is -2.16. The van der Waals surface area contributed by atoms with Gasteiger partial charge in [0.1, 0.15) is 23.9 Å². The Hall–Kier alpha value is -3.55. The van der Waals surface area contributed by atoms with Gasteiger partial charge < -0.3 is 23.4 Å².